The molecule has 0 N–H and O–H groups in total. The van der Waals surface area contributed by atoms with Crippen LogP contribution in [0.4, 0.5) is 0 Å². The Kier molecular flexibility index (Phi) is 16.3. The smallest absolute Gasteiger partial charge is 0.150 e. The van der Waals surface area contributed by atoms with Crippen molar-refractivity contribution in [1.29, 1.82) is 0 Å². The van der Waals surface area contributed by atoms with Crippen LogP contribution in [0.2, 0.25) is 0 Å². The van der Waals surface area contributed by atoms with Crippen molar-refractivity contribution in [3.05, 3.63) is 59.7 Å². The molecular formula is C29H42O6. The quantitative estimate of drug-likeness (QED) is 0.152. The van der Waals surface area contributed by atoms with E-state index < -0.39 is 0 Å². The molecule has 194 valence electrons. The van der Waals surface area contributed by atoms with Gasteiger partial charge in [-0.2, -0.15) is 0 Å². The second kappa shape index (κ2) is 19.8. The zero-order valence-corrected chi connectivity index (χ0v) is 21.3. The van der Waals surface area contributed by atoms with Gasteiger partial charge in [-0.3, -0.25) is 4.79 Å². The van der Waals surface area contributed by atoms with Crippen LogP contribution in [0.1, 0.15) is 61.4 Å². The first-order valence-electron chi connectivity index (χ1n) is 12.9. The van der Waals surface area contributed by atoms with Crippen molar-refractivity contribution >= 4 is 6.29 Å². The maximum absolute atomic E-state index is 10.6. The summed E-state index contributed by atoms with van der Waals surface area (Å²) >= 11 is 0. The van der Waals surface area contributed by atoms with Crippen LogP contribution < -0.4 is 9.47 Å². The molecule has 35 heavy (non-hydrogen) atoms. The highest BCUT2D eigenvalue weighted by Crippen LogP contribution is 2.15. The minimum Gasteiger partial charge on any atom is -0.491 e. The van der Waals surface area contributed by atoms with Crippen molar-refractivity contribution in [2.75, 3.05) is 52.9 Å². The molecule has 6 heteroatoms. The lowest BCUT2D eigenvalue weighted by molar-refractivity contribution is 0.00499. The Balaban J connectivity index is 1.34. The summed E-state index contributed by atoms with van der Waals surface area (Å²) in [5, 5.41) is 0. The van der Waals surface area contributed by atoms with Gasteiger partial charge >= 0.3 is 0 Å². The zero-order chi connectivity index (χ0) is 24.8. The predicted molar refractivity (Wildman–Crippen MR) is 139 cm³/mol. The lowest BCUT2D eigenvalue weighted by Crippen LogP contribution is -2.14. The second-order valence-corrected chi connectivity index (χ2v) is 8.38. The molecule has 0 aliphatic rings. The number of hydrogen-bond donors (Lipinski definition) is 0. The summed E-state index contributed by atoms with van der Waals surface area (Å²) in [4.78, 5) is 10.6. The minimum atomic E-state index is 0.450. The van der Waals surface area contributed by atoms with Gasteiger partial charge in [-0.15, -0.1) is 0 Å². The normalized spacial score (nSPS) is 10.9. The van der Waals surface area contributed by atoms with E-state index in [1.165, 1.54) is 44.1 Å². The largest absolute Gasteiger partial charge is 0.491 e. The van der Waals surface area contributed by atoms with E-state index in [-0.39, 0.29) is 0 Å². The number of aryl methyl sites for hydroxylation is 1. The predicted octanol–water partition coefficient (Wildman–Crippen LogP) is 5.91. The standard InChI is InChI=1S/C29H42O6/c1-2-3-4-5-6-7-8-26-9-13-28(14-10-26)34-23-21-32-19-17-31-18-20-33-22-24-35-29-15-11-27(25-30)12-16-29/h9-16,25H,2-8,17-24H2,1H3. The molecule has 6 nitrogen and oxygen atoms in total. The van der Waals surface area contributed by atoms with E-state index in [1.54, 1.807) is 24.3 Å². The molecule has 0 radical (unpaired) electrons. The van der Waals surface area contributed by atoms with Crippen molar-refractivity contribution < 1.29 is 28.5 Å². The molecule has 0 fully saturated rings. The van der Waals surface area contributed by atoms with Crippen molar-refractivity contribution in [3.8, 4) is 11.5 Å². The van der Waals surface area contributed by atoms with Crippen molar-refractivity contribution in [3.63, 3.8) is 0 Å². The van der Waals surface area contributed by atoms with E-state index in [0.29, 0.717) is 58.4 Å². The number of rotatable bonds is 22. The lowest BCUT2D eigenvalue weighted by Gasteiger charge is -2.09. The summed E-state index contributed by atoms with van der Waals surface area (Å²) in [5.74, 6) is 1.60. The Morgan fingerprint density at radius 3 is 1.54 bits per heavy atom. The molecule has 0 aliphatic carbocycles. The van der Waals surface area contributed by atoms with Gasteiger partial charge in [0.25, 0.3) is 0 Å². The Morgan fingerprint density at radius 2 is 1.03 bits per heavy atom. The highest BCUT2D eigenvalue weighted by molar-refractivity contribution is 5.74. The molecule has 0 aliphatic heterocycles. The third-order valence-corrected chi connectivity index (χ3v) is 5.50. The first-order valence-corrected chi connectivity index (χ1v) is 12.9. The van der Waals surface area contributed by atoms with Crippen LogP contribution in [0.5, 0.6) is 11.5 Å². The zero-order valence-electron chi connectivity index (χ0n) is 21.3. The molecule has 0 bridgehead atoms. The van der Waals surface area contributed by atoms with Gasteiger partial charge in [0.05, 0.1) is 39.6 Å². The first kappa shape index (κ1) is 28.8. The van der Waals surface area contributed by atoms with Gasteiger partial charge in [0.2, 0.25) is 0 Å². The topological polar surface area (TPSA) is 63.2 Å². The molecule has 2 aromatic rings. The van der Waals surface area contributed by atoms with Gasteiger partial charge < -0.3 is 23.7 Å². The molecular weight excluding hydrogens is 444 g/mol. The molecule has 0 unspecified atom stereocenters. The number of aldehydes is 1. The summed E-state index contributed by atoms with van der Waals surface area (Å²) in [6.45, 7) is 6.31. The van der Waals surface area contributed by atoms with Crippen LogP contribution in [-0.2, 0) is 20.6 Å². The molecule has 0 saturated carbocycles. The second-order valence-electron chi connectivity index (χ2n) is 8.38. The van der Waals surface area contributed by atoms with E-state index in [4.69, 9.17) is 23.7 Å². The molecule has 2 aromatic carbocycles. The number of ether oxygens (including phenoxy) is 5. The fourth-order valence-electron chi connectivity index (χ4n) is 3.48. The van der Waals surface area contributed by atoms with Crippen LogP contribution in [-0.4, -0.2) is 59.1 Å². The fourth-order valence-corrected chi connectivity index (χ4v) is 3.48. The van der Waals surface area contributed by atoms with Crippen LogP contribution in [0.3, 0.4) is 0 Å². The molecule has 0 spiro atoms. The number of benzene rings is 2. The van der Waals surface area contributed by atoms with Gasteiger partial charge in [0, 0.05) is 5.56 Å². The van der Waals surface area contributed by atoms with Crippen LogP contribution in [0.15, 0.2) is 48.5 Å². The molecule has 2 rings (SSSR count). The Bertz CT molecular complexity index is 760. The van der Waals surface area contributed by atoms with Gasteiger partial charge in [0.15, 0.2) is 0 Å². The van der Waals surface area contributed by atoms with Crippen LogP contribution in [0, 0.1) is 0 Å². The Hall–Kier alpha value is -2.41. The maximum atomic E-state index is 10.6. The monoisotopic (exact) mass is 486 g/mol. The third-order valence-electron chi connectivity index (χ3n) is 5.50. The van der Waals surface area contributed by atoms with Gasteiger partial charge in [0.1, 0.15) is 31.0 Å². The highest BCUT2D eigenvalue weighted by atomic mass is 16.6. The molecule has 0 aromatic heterocycles. The summed E-state index contributed by atoms with van der Waals surface area (Å²) in [6, 6.07) is 15.4. The first-order chi connectivity index (χ1) is 17.3. The van der Waals surface area contributed by atoms with Crippen LogP contribution >= 0.6 is 0 Å². The maximum Gasteiger partial charge on any atom is 0.150 e. The van der Waals surface area contributed by atoms with Crippen molar-refractivity contribution in [2.45, 2.75) is 51.9 Å². The molecule has 0 heterocycles. The average Bonchev–Trinajstić information content (AvgIpc) is 2.90. The number of hydrogen-bond acceptors (Lipinski definition) is 6. The lowest BCUT2D eigenvalue weighted by atomic mass is 10.0. The molecule has 0 atom stereocenters. The van der Waals surface area contributed by atoms with Gasteiger partial charge in [-0.25, -0.2) is 0 Å². The number of unbranched alkanes of at least 4 members (excludes halogenated alkanes) is 5. The Labute approximate surface area is 210 Å². The average molecular weight is 487 g/mol. The van der Waals surface area contributed by atoms with Gasteiger partial charge in [-0.1, -0.05) is 51.2 Å². The van der Waals surface area contributed by atoms with E-state index in [9.17, 15) is 4.79 Å². The number of carbonyl (C=O) groups excluding carboxylic acids is 1. The van der Waals surface area contributed by atoms with Crippen LogP contribution in [0.25, 0.3) is 0 Å². The van der Waals surface area contributed by atoms with E-state index in [2.05, 4.69) is 19.1 Å². The molecule has 0 saturated heterocycles. The third kappa shape index (κ3) is 14.6. The van der Waals surface area contributed by atoms with Crippen molar-refractivity contribution in [2.24, 2.45) is 0 Å². The SMILES string of the molecule is CCCCCCCCc1ccc(OCCOCCOCCOCCOc2ccc(C=O)cc2)cc1. The van der Waals surface area contributed by atoms with E-state index >= 15 is 0 Å². The number of carbonyl (C=O) groups is 1. The molecule has 0 amide bonds. The summed E-state index contributed by atoms with van der Waals surface area (Å²) in [5.41, 5.74) is 2.01. The van der Waals surface area contributed by atoms with E-state index in [0.717, 1.165) is 24.2 Å². The summed E-state index contributed by atoms with van der Waals surface area (Å²) in [6.07, 6.45) is 9.91. The van der Waals surface area contributed by atoms with Gasteiger partial charge in [-0.05, 0) is 54.8 Å². The van der Waals surface area contributed by atoms with Crippen molar-refractivity contribution in [1.82, 2.24) is 0 Å². The highest BCUT2D eigenvalue weighted by Gasteiger charge is 1.99. The summed E-state index contributed by atoms with van der Waals surface area (Å²) in [7, 11) is 0. The summed E-state index contributed by atoms with van der Waals surface area (Å²) < 4.78 is 27.8. The fraction of sp³-hybridized carbons (Fsp3) is 0.552. The Morgan fingerprint density at radius 1 is 0.571 bits per heavy atom. The minimum absolute atomic E-state index is 0.450. The van der Waals surface area contributed by atoms with E-state index in [1.807, 2.05) is 12.1 Å².